The van der Waals surface area contributed by atoms with Crippen LogP contribution in [0.2, 0.25) is 0 Å². The van der Waals surface area contributed by atoms with Crippen molar-refractivity contribution in [2.75, 3.05) is 14.2 Å². The molecule has 0 bridgehead atoms. The van der Waals surface area contributed by atoms with Crippen molar-refractivity contribution in [3.63, 3.8) is 0 Å². The van der Waals surface area contributed by atoms with Crippen LogP contribution in [-0.2, 0) is 11.3 Å². The molecule has 3 heteroatoms. The quantitative estimate of drug-likeness (QED) is 0.400. The van der Waals surface area contributed by atoms with Gasteiger partial charge in [-0.25, -0.2) is 0 Å². The number of benzene rings is 1. The van der Waals surface area contributed by atoms with Gasteiger partial charge in [-0.15, -0.1) is 17.7 Å². The number of hydrogen-bond acceptors (Lipinski definition) is 2. The van der Waals surface area contributed by atoms with Crippen molar-refractivity contribution >= 4 is 0 Å². The van der Waals surface area contributed by atoms with Crippen LogP contribution in [0.1, 0.15) is 5.56 Å². The van der Waals surface area contributed by atoms with Crippen molar-refractivity contribution in [3.8, 4) is 5.75 Å². The normalized spacial score (nSPS) is 8.83. The molecule has 0 aliphatic heterocycles. The fourth-order valence-electron chi connectivity index (χ4n) is 0.852. The van der Waals surface area contributed by atoms with E-state index < -0.39 is 0 Å². The molecule has 0 aromatic heterocycles. The molecule has 1 aromatic rings. The van der Waals surface area contributed by atoms with Gasteiger partial charge < -0.3 is 9.47 Å². The first kappa shape index (κ1) is 11.6. The summed E-state index contributed by atoms with van der Waals surface area (Å²) in [7, 11) is 3.29. The summed E-state index contributed by atoms with van der Waals surface area (Å²) in [4.78, 5) is 0. The minimum atomic E-state index is 0. The molecule has 0 amide bonds. The number of hydrogen-bond donors (Lipinski definition) is 0. The van der Waals surface area contributed by atoms with Crippen molar-refractivity contribution in [2.24, 2.45) is 0 Å². The van der Waals surface area contributed by atoms with Gasteiger partial charge in [0.05, 0.1) is 7.11 Å². The molecule has 60 valence electrons. The zero-order chi connectivity index (χ0) is 8.10. The average Bonchev–Trinajstić information content (AvgIpc) is 2.06. The first-order valence-corrected chi connectivity index (χ1v) is 3.41. The van der Waals surface area contributed by atoms with Crippen LogP contribution in [0.25, 0.3) is 0 Å². The first-order chi connectivity index (χ1) is 5.36. The van der Waals surface area contributed by atoms with E-state index in [2.05, 4.69) is 6.07 Å². The molecular weight excluding hydrogens is 147 g/mol. The number of rotatable bonds is 3. The molecule has 0 aliphatic carbocycles. The van der Waals surface area contributed by atoms with Crippen LogP contribution in [-0.4, -0.2) is 14.2 Å². The van der Waals surface area contributed by atoms with Gasteiger partial charge in [-0.3, -0.25) is 0 Å². The summed E-state index contributed by atoms with van der Waals surface area (Å²) in [6.45, 7) is 0.581. The topological polar surface area (TPSA) is 18.5 Å². The number of ether oxygens (including phenoxy) is 2. The monoisotopic (exact) mass is 158 g/mol. The van der Waals surface area contributed by atoms with Crippen LogP contribution in [0.4, 0.5) is 0 Å². The van der Waals surface area contributed by atoms with E-state index in [1.807, 2.05) is 18.2 Å². The largest absolute Gasteiger partial charge is 1.00 e. The van der Waals surface area contributed by atoms with E-state index in [4.69, 9.17) is 9.47 Å². The molecule has 2 nitrogen and oxygen atoms in total. The summed E-state index contributed by atoms with van der Waals surface area (Å²) < 4.78 is 9.93. The van der Waals surface area contributed by atoms with Gasteiger partial charge in [0.25, 0.3) is 0 Å². The average molecular weight is 158 g/mol. The minimum absolute atomic E-state index is 0. The van der Waals surface area contributed by atoms with Crippen LogP contribution in [0.15, 0.2) is 18.2 Å². The maximum atomic E-state index is 4.99. The van der Waals surface area contributed by atoms with Gasteiger partial charge in [0.15, 0.2) is 0 Å². The van der Waals surface area contributed by atoms with Crippen molar-refractivity contribution in [2.45, 2.75) is 6.61 Å². The summed E-state index contributed by atoms with van der Waals surface area (Å²) in [6, 6.07) is 8.78. The third-order valence-electron chi connectivity index (χ3n) is 1.35. The van der Waals surface area contributed by atoms with Crippen molar-refractivity contribution in [3.05, 3.63) is 29.8 Å². The van der Waals surface area contributed by atoms with Crippen molar-refractivity contribution < 1.29 is 28.3 Å². The second-order valence-electron chi connectivity index (χ2n) is 2.18. The summed E-state index contributed by atoms with van der Waals surface area (Å²) in [6.07, 6.45) is 0. The van der Waals surface area contributed by atoms with E-state index >= 15 is 0 Å². The second kappa shape index (κ2) is 6.13. The van der Waals surface area contributed by atoms with E-state index in [1.54, 1.807) is 14.2 Å². The minimum Gasteiger partial charge on any atom is -0.523 e. The van der Waals surface area contributed by atoms with Crippen molar-refractivity contribution in [1.82, 2.24) is 0 Å². The van der Waals surface area contributed by atoms with E-state index in [0.29, 0.717) is 6.61 Å². The van der Waals surface area contributed by atoms with Gasteiger partial charge in [0.1, 0.15) is 0 Å². The molecular formula is C9H11LiO2. The van der Waals surface area contributed by atoms with Crippen LogP contribution >= 0.6 is 0 Å². The first-order valence-electron chi connectivity index (χ1n) is 3.41. The summed E-state index contributed by atoms with van der Waals surface area (Å²) in [5, 5.41) is 0. The molecule has 0 heterocycles. The fraction of sp³-hybridized carbons (Fsp3) is 0.333. The summed E-state index contributed by atoms with van der Waals surface area (Å²) in [5.41, 5.74) is 1.01. The van der Waals surface area contributed by atoms with Crippen LogP contribution in [0, 0.1) is 6.07 Å². The summed E-state index contributed by atoms with van der Waals surface area (Å²) >= 11 is 0. The van der Waals surface area contributed by atoms with Gasteiger partial charge in [0.2, 0.25) is 0 Å². The molecule has 0 saturated heterocycles. The van der Waals surface area contributed by atoms with Gasteiger partial charge in [-0.05, 0) is 0 Å². The molecule has 0 radical (unpaired) electrons. The molecule has 0 spiro atoms. The van der Waals surface area contributed by atoms with Gasteiger partial charge in [0, 0.05) is 19.5 Å². The molecule has 12 heavy (non-hydrogen) atoms. The Balaban J connectivity index is 0.00000121. The SMILES string of the molecule is COCc1[c-]c(OC)ccc1.[Li+]. The van der Waals surface area contributed by atoms with Crippen LogP contribution < -0.4 is 23.6 Å². The molecule has 0 fully saturated rings. The second-order valence-corrected chi connectivity index (χ2v) is 2.18. The molecule has 0 N–H and O–H groups in total. The third kappa shape index (κ3) is 3.32. The van der Waals surface area contributed by atoms with Crippen LogP contribution in [0.3, 0.4) is 0 Å². The fourth-order valence-corrected chi connectivity index (χ4v) is 0.852. The Morgan fingerprint density at radius 1 is 1.33 bits per heavy atom. The summed E-state index contributed by atoms with van der Waals surface area (Å²) in [5.74, 6) is 0.750. The predicted molar refractivity (Wildman–Crippen MR) is 42.5 cm³/mol. The Morgan fingerprint density at radius 3 is 2.67 bits per heavy atom. The Kier molecular flexibility index (Phi) is 5.92. The van der Waals surface area contributed by atoms with E-state index in [1.165, 1.54) is 0 Å². The maximum Gasteiger partial charge on any atom is 1.00 e. The zero-order valence-corrected chi connectivity index (χ0v) is 7.76. The van der Waals surface area contributed by atoms with Crippen LogP contribution in [0.5, 0.6) is 5.75 Å². The third-order valence-corrected chi connectivity index (χ3v) is 1.35. The Bertz CT molecular complexity index is 226. The number of methoxy groups -OCH3 is 2. The molecule has 0 unspecified atom stereocenters. The smallest absolute Gasteiger partial charge is 0.523 e. The van der Waals surface area contributed by atoms with E-state index in [0.717, 1.165) is 11.3 Å². The molecule has 1 aromatic carbocycles. The standard InChI is InChI=1S/C9H11O2.Li/c1-10-7-8-4-3-5-9(6-8)11-2;/h3-5H,7H2,1-2H3;/q-1;+1. The van der Waals surface area contributed by atoms with E-state index in [-0.39, 0.29) is 18.9 Å². The Morgan fingerprint density at radius 2 is 2.08 bits per heavy atom. The van der Waals surface area contributed by atoms with E-state index in [9.17, 15) is 0 Å². The Labute approximate surface area is 85.1 Å². The van der Waals surface area contributed by atoms with Crippen molar-refractivity contribution in [1.29, 1.82) is 0 Å². The van der Waals surface area contributed by atoms with Gasteiger partial charge in [-0.2, -0.15) is 12.1 Å². The molecule has 0 aliphatic rings. The Hall–Kier alpha value is -0.423. The molecule has 1 rings (SSSR count). The molecule has 0 atom stereocenters. The predicted octanol–water partition coefficient (Wildman–Crippen LogP) is -1.35. The maximum absolute atomic E-state index is 4.99. The van der Waals surface area contributed by atoms with Gasteiger partial charge in [-0.1, -0.05) is 0 Å². The molecule has 0 saturated carbocycles. The van der Waals surface area contributed by atoms with Gasteiger partial charge >= 0.3 is 18.9 Å². The zero-order valence-electron chi connectivity index (χ0n) is 7.76.